The molecule has 2 aromatic rings. The lowest BCUT2D eigenvalue weighted by molar-refractivity contribution is 0.0181. The standard InChI is InChI=1S/C24H32FN7O3/c1-33-11-8-27-18-2-4-19(5-3-18)30-23-28-14-20(25)22(31-23)17-12-21(32-29-13-17)35-16-24(15-26)6-9-34-10-7-24/h12-14,18-19,27H,2-11,16H2,1H3,(H,28,30,31). The third kappa shape index (κ3) is 6.81. The van der Waals surface area contributed by atoms with Crippen LogP contribution in [0.3, 0.4) is 0 Å². The van der Waals surface area contributed by atoms with Crippen molar-refractivity contribution in [2.45, 2.75) is 50.6 Å². The summed E-state index contributed by atoms with van der Waals surface area (Å²) in [6.45, 7) is 2.77. The Bertz CT molecular complexity index is 1000. The van der Waals surface area contributed by atoms with Crippen LogP contribution in [-0.4, -0.2) is 72.3 Å². The molecule has 10 nitrogen and oxygen atoms in total. The van der Waals surface area contributed by atoms with Gasteiger partial charge in [0.05, 0.1) is 30.5 Å². The molecule has 1 aliphatic heterocycles. The van der Waals surface area contributed by atoms with Crippen LogP contribution in [0.15, 0.2) is 18.5 Å². The van der Waals surface area contributed by atoms with Gasteiger partial charge in [-0.05, 0) is 38.5 Å². The summed E-state index contributed by atoms with van der Waals surface area (Å²) in [7, 11) is 1.70. The smallest absolute Gasteiger partial charge is 0.234 e. The maximum absolute atomic E-state index is 14.6. The molecule has 0 amide bonds. The third-order valence-electron chi connectivity index (χ3n) is 6.63. The second-order valence-electron chi connectivity index (χ2n) is 9.11. The van der Waals surface area contributed by atoms with E-state index in [0.717, 1.165) is 38.4 Å². The molecule has 1 saturated carbocycles. The first-order valence-corrected chi connectivity index (χ1v) is 12.1. The van der Waals surface area contributed by atoms with Crippen molar-refractivity contribution in [3.05, 3.63) is 24.3 Å². The van der Waals surface area contributed by atoms with Gasteiger partial charge in [0.2, 0.25) is 11.8 Å². The van der Waals surface area contributed by atoms with Crippen LogP contribution in [0.5, 0.6) is 5.88 Å². The van der Waals surface area contributed by atoms with Crippen molar-refractivity contribution >= 4 is 5.95 Å². The zero-order valence-electron chi connectivity index (χ0n) is 20.0. The second kappa shape index (κ2) is 12.2. The van der Waals surface area contributed by atoms with E-state index in [1.807, 2.05) is 0 Å². The Labute approximate surface area is 204 Å². The molecule has 11 heteroatoms. The Morgan fingerprint density at radius 1 is 1.20 bits per heavy atom. The van der Waals surface area contributed by atoms with E-state index in [2.05, 4.69) is 36.9 Å². The van der Waals surface area contributed by atoms with E-state index in [1.165, 1.54) is 6.20 Å². The average molecular weight is 486 g/mol. The highest BCUT2D eigenvalue weighted by Crippen LogP contribution is 2.31. The Kier molecular flexibility index (Phi) is 8.74. The fraction of sp³-hybridized carbons (Fsp3) is 0.625. The van der Waals surface area contributed by atoms with Gasteiger partial charge in [-0.1, -0.05) is 0 Å². The van der Waals surface area contributed by atoms with E-state index < -0.39 is 11.2 Å². The van der Waals surface area contributed by atoms with Crippen LogP contribution in [-0.2, 0) is 9.47 Å². The number of halogens is 1. The van der Waals surface area contributed by atoms with E-state index in [9.17, 15) is 9.65 Å². The van der Waals surface area contributed by atoms with Gasteiger partial charge < -0.3 is 24.8 Å². The number of ether oxygens (including phenoxy) is 3. The molecule has 2 N–H and O–H groups in total. The average Bonchev–Trinajstić information content (AvgIpc) is 2.90. The normalized spacial score (nSPS) is 21.7. The van der Waals surface area contributed by atoms with Crippen molar-refractivity contribution in [1.29, 1.82) is 5.26 Å². The van der Waals surface area contributed by atoms with Gasteiger partial charge in [-0.25, -0.2) is 14.4 Å². The SMILES string of the molecule is COCCNC1CCC(Nc2ncc(F)c(-c3cnnc(OCC4(C#N)CCOCC4)c3)n2)CC1. The summed E-state index contributed by atoms with van der Waals surface area (Å²) in [5.74, 6) is 0.0380. The first-order chi connectivity index (χ1) is 17.1. The number of aromatic nitrogens is 4. The van der Waals surface area contributed by atoms with Gasteiger partial charge in [0.1, 0.15) is 12.3 Å². The van der Waals surface area contributed by atoms with Crippen molar-refractivity contribution in [1.82, 2.24) is 25.5 Å². The summed E-state index contributed by atoms with van der Waals surface area (Å²) in [4.78, 5) is 8.55. The minimum atomic E-state index is -0.620. The molecule has 35 heavy (non-hydrogen) atoms. The molecule has 0 aromatic carbocycles. The Hall–Kier alpha value is -2.94. The van der Waals surface area contributed by atoms with E-state index in [1.54, 1.807) is 13.2 Å². The van der Waals surface area contributed by atoms with Crippen molar-refractivity contribution in [3.63, 3.8) is 0 Å². The van der Waals surface area contributed by atoms with E-state index in [4.69, 9.17) is 14.2 Å². The molecule has 0 bridgehead atoms. The van der Waals surface area contributed by atoms with E-state index >= 15 is 0 Å². The van der Waals surface area contributed by atoms with Gasteiger partial charge >= 0.3 is 0 Å². The molecule has 188 valence electrons. The fourth-order valence-electron chi connectivity index (χ4n) is 4.44. The van der Waals surface area contributed by atoms with Crippen LogP contribution in [0.2, 0.25) is 0 Å². The van der Waals surface area contributed by atoms with Crippen molar-refractivity contribution in [2.24, 2.45) is 5.41 Å². The topological polar surface area (TPSA) is 127 Å². The highest BCUT2D eigenvalue weighted by Gasteiger charge is 2.34. The van der Waals surface area contributed by atoms with Crippen LogP contribution in [0.25, 0.3) is 11.3 Å². The number of nitriles is 1. The van der Waals surface area contributed by atoms with Crippen molar-refractivity contribution < 1.29 is 18.6 Å². The van der Waals surface area contributed by atoms with E-state index in [-0.39, 0.29) is 24.2 Å². The number of nitrogens with one attached hydrogen (secondary N) is 2. The van der Waals surface area contributed by atoms with E-state index in [0.29, 0.717) is 50.2 Å². The highest BCUT2D eigenvalue weighted by atomic mass is 19.1. The predicted molar refractivity (Wildman–Crippen MR) is 126 cm³/mol. The van der Waals surface area contributed by atoms with Crippen LogP contribution in [0.4, 0.5) is 10.3 Å². The first kappa shape index (κ1) is 25.2. The third-order valence-corrected chi connectivity index (χ3v) is 6.63. The first-order valence-electron chi connectivity index (χ1n) is 12.1. The van der Waals surface area contributed by atoms with Crippen molar-refractivity contribution in [3.8, 4) is 23.2 Å². The second-order valence-corrected chi connectivity index (χ2v) is 9.11. The summed E-state index contributed by atoms with van der Waals surface area (Å²) in [6.07, 6.45) is 7.82. The summed E-state index contributed by atoms with van der Waals surface area (Å²) in [5, 5.41) is 24.4. The van der Waals surface area contributed by atoms with Crippen molar-refractivity contribution in [2.75, 3.05) is 45.4 Å². The minimum absolute atomic E-state index is 0.123. The maximum Gasteiger partial charge on any atom is 0.234 e. The lowest BCUT2D eigenvalue weighted by atomic mass is 9.83. The molecule has 3 heterocycles. The molecular formula is C24H32FN7O3. The monoisotopic (exact) mass is 485 g/mol. The summed E-state index contributed by atoms with van der Waals surface area (Å²) in [5.41, 5.74) is -0.0638. The Morgan fingerprint density at radius 2 is 1.97 bits per heavy atom. The summed E-state index contributed by atoms with van der Waals surface area (Å²) in [6, 6.07) is 4.65. The lowest BCUT2D eigenvalue weighted by Gasteiger charge is -2.30. The maximum atomic E-state index is 14.6. The largest absolute Gasteiger partial charge is 0.475 e. The molecule has 0 spiro atoms. The molecule has 4 rings (SSSR count). The summed E-state index contributed by atoms with van der Waals surface area (Å²) >= 11 is 0. The molecule has 2 fully saturated rings. The summed E-state index contributed by atoms with van der Waals surface area (Å²) < 4.78 is 30.9. The molecule has 2 aromatic heterocycles. The predicted octanol–water partition coefficient (Wildman–Crippen LogP) is 2.73. The molecule has 1 aliphatic carbocycles. The number of hydrogen-bond acceptors (Lipinski definition) is 10. The minimum Gasteiger partial charge on any atom is -0.475 e. The lowest BCUT2D eigenvalue weighted by Crippen LogP contribution is -2.38. The van der Waals surface area contributed by atoms with Gasteiger partial charge in [-0.15, -0.1) is 5.10 Å². The van der Waals surface area contributed by atoms with Crippen LogP contribution in [0, 0.1) is 22.6 Å². The van der Waals surface area contributed by atoms with Gasteiger partial charge in [0, 0.05) is 50.6 Å². The molecule has 0 atom stereocenters. The molecule has 0 radical (unpaired) electrons. The molecular weight excluding hydrogens is 453 g/mol. The van der Waals surface area contributed by atoms with Gasteiger partial charge in [-0.3, -0.25) is 0 Å². The Morgan fingerprint density at radius 3 is 2.71 bits per heavy atom. The molecule has 0 unspecified atom stereocenters. The number of methoxy groups -OCH3 is 1. The zero-order chi connectivity index (χ0) is 24.5. The van der Waals surface area contributed by atoms with Crippen LogP contribution in [0.1, 0.15) is 38.5 Å². The zero-order valence-corrected chi connectivity index (χ0v) is 20.0. The number of anilines is 1. The quantitative estimate of drug-likeness (QED) is 0.485. The highest BCUT2D eigenvalue weighted by molar-refractivity contribution is 5.60. The number of hydrogen-bond donors (Lipinski definition) is 2. The van der Waals surface area contributed by atoms with Gasteiger partial charge in [0.25, 0.3) is 0 Å². The Balaban J connectivity index is 1.38. The number of rotatable bonds is 10. The van der Waals surface area contributed by atoms with Gasteiger partial charge in [0.15, 0.2) is 5.82 Å². The van der Waals surface area contributed by atoms with Crippen LogP contribution < -0.4 is 15.4 Å². The molecule has 2 aliphatic rings. The fourth-order valence-corrected chi connectivity index (χ4v) is 4.44. The van der Waals surface area contributed by atoms with Gasteiger partial charge in [-0.2, -0.15) is 10.4 Å². The van der Waals surface area contributed by atoms with Crippen LogP contribution >= 0.6 is 0 Å². The number of nitrogens with zero attached hydrogens (tertiary/aromatic N) is 5. The molecule has 1 saturated heterocycles.